The second-order valence-corrected chi connectivity index (χ2v) is 7.97. The first kappa shape index (κ1) is 20.7. The van der Waals surface area contributed by atoms with Gasteiger partial charge in [0.1, 0.15) is 5.82 Å². The Kier molecular flexibility index (Phi) is 6.84. The van der Waals surface area contributed by atoms with Crippen molar-refractivity contribution >= 4 is 23.2 Å². The van der Waals surface area contributed by atoms with Gasteiger partial charge in [0.2, 0.25) is 0 Å². The predicted molar refractivity (Wildman–Crippen MR) is 122 cm³/mol. The van der Waals surface area contributed by atoms with E-state index in [9.17, 15) is 0 Å². The lowest BCUT2D eigenvalue weighted by atomic mass is 10.2. The van der Waals surface area contributed by atoms with Gasteiger partial charge < -0.3 is 9.13 Å². The molecule has 0 aliphatic rings. The van der Waals surface area contributed by atoms with Gasteiger partial charge in [-0.3, -0.25) is 4.90 Å². The van der Waals surface area contributed by atoms with Gasteiger partial charge >= 0.3 is 0 Å². The number of imidazole rings is 2. The van der Waals surface area contributed by atoms with Gasteiger partial charge in [0.05, 0.1) is 6.33 Å². The molecule has 4 rings (SSSR count). The molecule has 2 aromatic carbocycles. The molecule has 0 N–H and O–H groups in total. The zero-order valence-corrected chi connectivity index (χ0v) is 18.0. The van der Waals surface area contributed by atoms with Gasteiger partial charge in [-0.1, -0.05) is 59.6 Å². The first-order chi connectivity index (χ1) is 14.7. The Bertz CT molecular complexity index is 1060. The summed E-state index contributed by atoms with van der Waals surface area (Å²) in [5, 5.41) is 1.35. The highest BCUT2D eigenvalue weighted by Crippen LogP contribution is 2.23. The summed E-state index contributed by atoms with van der Waals surface area (Å²) in [6.45, 7) is 4.19. The minimum absolute atomic E-state index is 0.652. The fraction of sp³-hybridized carbons (Fsp3) is 0.217. The fourth-order valence-corrected chi connectivity index (χ4v) is 3.89. The van der Waals surface area contributed by atoms with Crippen molar-refractivity contribution in [2.24, 2.45) is 0 Å². The van der Waals surface area contributed by atoms with Gasteiger partial charge in [-0.2, -0.15) is 0 Å². The van der Waals surface area contributed by atoms with E-state index in [1.54, 1.807) is 12.3 Å². The van der Waals surface area contributed by atoms with Crippen LogP contribution in [-0.2, 0) is 19.6 Å². The van der Waals surface area contributed by atoms with Crippen LogP contribution in [0.1, 0.15) is 5.56 Å². The molecule has 30 heavy (non-hydrogen) atoms. The van der Waals surface area contributed by atoms with Crippen molar-refractivity contribution in [1.82, 2.24) is 24.0 Å². The van der Waals surface area contributed by atoms with E-state index in [4.69, 9.17) is 23.2 Å². The molecule has 5 nitrogen and oxygen atoms in total. The van der Waals surface area contributed by atoms with Crippen LogP contribution < -0.4 is 0 Å². The highest BCUT2D eigenvalue weighted by molar-refractivity contribution is 6.35. The molecule has 7 heteroatoms. The van der Waals surface area contributed by atoms with Crippen molar-refractivity contribution in [3.05, 3.63) is 95.3 Å². The number of hydrogen-bond acceptors (Lipinski definition) is 3. The Labute approximate surface area is 186 Å². The maximum atomic E-state index is 6.44. The predicted octanol–water partition coefficient (Wildman–Crippen LogP) is 5.26. The summed E-state index contributed by atoms with van der Waals surface area (Å²) in [4.78, 5) is 11.1. The van der Waals surface area contributed by atoms with Crippen LogP contribution in [0.2, 0.25) is 10.0 Å². The van der Waals surface area contributed by atoms with Gasteiger partial charge in [-0.25, -0.2) is 9.97 Å². The van der Waals surface area contributed by atoms with Gasteiger partial charge in [0, 0.05) is 73.1 Å². The Morgan fingerprint density at radius 3 is 2.50 bits per heavy atom. The second-order valence-electron chi connectivity index (χ2n) is 7.12. The monoisotopic (exact) mass is 439 g/mol. The molecule has 0 unspecified atom stereocenters. The summed E-state index contributed by atoms with van der Waals surface area (Å²) in [6.07, 6.45) is 9.52. The molecule has 0 atom stereocenters. The molecule has 4 aromatic rings. The zero-order valence-electron chi connectivity index (χ0n) is 16.5. The molecule has 0 radical (unpaired) electrons. The summed E-state index contributed by atoms with van der Waals surface area (Å²) in [6, 6.07) is 16.0. The zero-order chi connectivity index (χ0) is 20.8. The molecule has 0 aliphatic carbocycles. The summed E-state index contributed by atoms with van der Waals surface area (Å²) in [5.74, 6) is 0.981. The fourth-order valence-electron chi connectivity index (χ4n) is 3.42. The van der Waals surface area contributed by atoms with Crippen molar-refractivity contribution in [2.45, 2.75) is 19.6 Å². The van der Waals surface area contributed by atoms with Crippen molar-refractivity contribution in [2.75, 3.05) is 13.1 Å². The normalized spacial score (nSPS) is 11.3. The highest BCUT2D eigenvalue weighted by atomic mass is 35.5. The molecule has 0 saturated carbocycles. The van der Waals surface area contributed by atoms with Gasteiger partial charge in [0.15, 0.2) is 0 Å². The number of rotatable bonds is 9. The lowest BCUT2D eigenvalue weighted by molar-refractivity contribution is 0.245. The van der Waals surface area contributed by atoms with Crippen LogP contribution in [0.4, 0.5) is 0 Å². The summed E-state index contributed by atoms with van der Waals surface area (Å²) >= 11 is 12.5. The van der Waals surface area contributed by atoms with Crippen LogP contribution in [0, 0.1) is 0 Å². The molecule has 0 amide bonds. The van der Waals surface area contributed by atoms with Crippen LogP contribution in [-0.4, -0.2) is 37.1 Å². The number of benzene rings is 2. The first-order valence-electron chi connectivity index (χ1n) is 9.87. The van der Waals surface area contributed by atoms with Gasteiger partial charge in [-0.15, -0.1) is 0 Å². The van der Waals surface area contributed by atoms with E-state index in [1.807, 2.05) is 55.2 Å². The average molecular weight is 440 g/mol. The SMILES string of the molecule is Clc1ccc(CN(CCn2ccnc2)CCn2ccnc2-c2ccccc2)c(Cl)c1. The van der Waals surface area contributed by atoms with E-state index in [0.29, 0.717) is 10.0 Å². The summed E-state index contributed by atoms with van der Waals surface area (Å²) < 4.78 is 4.28. The molecule has 0 aliphatic heterocycles. The van der Waals surface area contributed by atoms with Crippen LogP contribution in [0.3, 0.4) is 0 Å². The van der Waals surface area contributed by atoms with E-state index >= 15 is 0 Å². The smallest absolute Gasteiger partial charge is 0.139 e. The number of halogens is 2. The molecular formula is C23H23Cl2N5. The molecular weight excluding hydrogens is 417 g/mol. The van der Waals surface area contributed by atoms with E-state index in [0.717, 1.165) is 49.7 Å². The third-order valence-electron chi connectivity index (χ3n) is 5.05. The van der Waals surface area contributed by atoms with Gasteiger partial charge in [-0.05, 0) is 17.7 Å². The second kappa shape index (κ2) is 9.94. The lowest BCUT2D eigenvalue weighted by Crippen LogP contribution is -2.30. The maximum absolute atomic E-state index is 6.44. The van der Waals surface area contributed by atoms with E-state index in [-0.39, 0.29) is 0 Å². The van der Waals surface area contributed by atoms with Crippen LogP contribution in [0.15, 0.2) is 79.6 Å². The number of aromatic nitrogens is 4. The van der Waals surface area contributed by atoms with Crippen LogP contribution in [0.5, 0.6) is 0 Å². The first-order valence-corrected chi connectivity index (χ1v) is 10.6. The molecule has 0 saturated heterocycles. The van der Waals surface area contributed by atoms with E-state index in [1.165, 1.54) is 0 Å². The largest absolute Gasteiger partial charge is 0.336 e. The Morgan fingerprint density at radius 1 is 0.900 bits per heavy atom. The number of hydrogen-bond donors (Lipinski definition) is 0. The average Bonchev–Trinajstić information content (AvgIpc) is 3.44. The van der Waals surface area contributed by atoms with Crippen molar-refractivity contribution in [3.8, 4) is 11.4 Å². The Balaban J connectivity index is 1.48. The minimum atomic E-state index is 0.652. The van der Waals surface area contributed by atoms with E-state index < -0.39 is 0 Å². The highest BCUT2D eigenvalue weighted by Gasteiger charge is 2.12. The minimum Gasteiger partial charge on any atom is -0.336 e. The third kappa shape index (κ3) is 5.30. The van der Waals surface area contributed by atoms with E-state index in [2.05, 4.69) is 36.1 Å². The molecule has 0 bridgehead atoms. The lowest BCUT2D eigenvalue weighted by Gasteiger charge is -2.24. The maximum Gasteiger partial charge on any atom is 0.139 e. The summed E-state index contributed by atoms with van der Waals surface area (Å²) in [5.41, 5.74) is 2.19. The molecule has 0 spiro atoms. The number of nitrogens with zero attached hydrogens (tertiary/aromatic N) is 5. The molecule has 0 fully saturated rings. The molecule has 2 heterocycles. The Morgan fingerprint density at radius 2 is 1.73 bits per heavy atom. The summed E-state index contributed by atoms with van der Waals surface area (Å²) in [7, 11) is 0. The van der Waals surface area contributed by atoms with Gasteiger partial charge in [0.25, 0.3) is 0 Å². The van der Waals surface area contributed by atoms with Crippen molar-refractivity contribution in [3.63, 3.8) is 0 Å². The standard InChI is InChI=1S/C23H23Cl2N5/c24-21-7-6-20(22(25)16-21)17-28(12-13-29-10-8-26-18-29)14-15-30-11-9-27-23(30)19-4-2-1-3-5-19/h1-11,16,18H,12-15,17H2. The Hall–Kier alpha value is -2.60. The molecule has 154 valence electrons. The topological polar surface area (TPSA) is 38.9 Å². The third-order valence-corrected chi connectivity index (χ3v) is 5.63. The van der Waals surface area contributed by atoms with Crippen molar-refractivity contribution in [1.29, 1.82) is 0 Å². The molecule has 2 aromatic heterocycles. The van der Waals surface area contributed by atoms with Crippen molar-refractivity contribution < 1.29 is 0 Å². The van der Waals surface area contributed by atoms with Crippen LogP contribution >= 0.6 is 23.2 Å². The quantitative estimate of drug-likeness (QED) is 0.357. The van der Waals surface area contributed by atoms with Crippen LogP contribution in [0.25, 0.3) is 11.4 Å².